The van der Waals surface area contributed by atoms with Gasteiger partial charge in [0, 0.05) is 16.8 Å². The molecule has 3 aromatic rings. The van der Waals surface area contributed by atoms with E-state index in [0.717, 1.165) is 16.4 Å². The number of aryl methyl sites for hydroxylation is 2. The first kappa shape index (κ1) is 9.48. The third kappa shape index (κ3) is 1.37. The number of fused-ring (bicyclic) bond motifs is 3. The summed E-state index contributed by atoms with van der Waals surface area (Å²) in [6.45, 7) is 0. The van der Waals surface area contributed by atoms with Crippen molar-refractivity contribution in [1.82, 2.24) is 9.38 Å². The van der Waals surface area contributed by atoms with Crippen LogP contribution in [0.5, 0.6) is 0 Å². The predicted molar refractivity (Wildman–Crippen MR) is 67.4 cm³/mol. The lowest BCUT2D eigenvalue weighted by atomic mass is 10.0. The summed E-state index contributed by atoms with van der Waals surface area (Å²) in [6.07, 6.45) is 8.82. The van der Waals surface area contributed by atoms with Crippen molar-refractivity contribution in [1.29, 1.82) is 0 Å². The van der Waals surface area contributed by atoms with Crippen LogP contribution in [0.3, 0.4) is 0 Å². The van der Waals surface area contributed by atoms with E-state index >= 15 is 0 Å². The van der Waals surface area contributed by atoms with Gasteiger partial charge in [-0.1, -0.05) is 0 Å². The zero-order chi connectivity index (χ0) is 11.2. The number of thiazole rings is 1. The van der Waals surface area contributed by atoms with E-state index in [4.69, 9.17) is 4.42 Å². The van der Waals surface area contributed by atoms with E-state index in [-0.39, 0.29) is 0 Å². The van der Waals surface area contributed by atoms with Crippen LogP contribution >= 0.6 is 11.3 Å². The van der Waals surface area contributed by atoms with Crippen molar-refractivity contribution < 1.29 is 4.42 Å². The molecule has 3 nitrogen and oxygen atoms in total. The summed E-state index contributed by atoms with van der Waals surface area (Å²) < 4.78 is 7.64. The summed E-state index contributed by atoms with van der Waals surface area (Å²) in [7, 11) is 0. The van der Waals surface area contributed by atoms with Crippen molar-refractivity contribution in [3.05, 3.63) is 35.2 Å². The Kier molecular flexibility index (Phi) is 1.93. The lowest BCUT2D eigenvalue weighted by Gasteiger charge is -2.09. The first-order valence-electron chi connectivity index (χ1n) is 5.95. The quantitative estimate of drug-likeness (QED) is 0.655. The summed E-state index contributed by atoms with van der Waals surface area (Å²) in [5.41, 5.74) is 2.40. The lowest BCUT2D eigenvalue weighted by molar-refractivity contribution is 0.580. The number of imidazole rings is 1. The molecule has 0 spiro atoms. The van der Waals surface area contributed by atoms with Gasteiger partial charge in [0.25, 0.3) is 0 Å². The number of hydrogen-bond donors (Lipinski definition) is 0. The molecule has 0 saturated heterocycles. The van der Waals surface area contributed by atoms with Crippen LogP contribution in [0.2, 0.25) is 0 Å². The van der Waals surface area contributed by atoms with Gasteiger partial charge in [0.05, 0.1) is 6.26 Å². The molecule has 86 valence electrons. The highest BCUT2D eigenvalue weighted by Crippen LogP contribution is 2.32. The minimum atomic E-state index is 0.852. The molecule has 1 aliphatic carbocycles. The third-order valence-electron chi connectivity index (χ3n) is 3.34. The van der Waals surface area contributed by atoms with Crippen molar-refractivity contribution in [2.24, 2.45) is 0 Å². The van der Waals surface area contributed by atoms with Crippen molar-refractivity contribution in [3.8, 4) is 11.5 Å². The van der Waals surface area contributed by atoms with Crippen LogP contribution in [0, 0.1) is 0 Å². The second-order valence-electron chi connectivity index (χ2n) is 4.44. The summed E-state index contributed by atoms with van der Waals surface area (Å²) in [5, 5.41) is 0. The molecule has 0 bridgehead atoms. The molecule has 0 unspecified atom stereocenters. The Hall–Kier alpha value is -1.55. The molecule has 0 saturated carbocycles. The fourth-order valence-corrected chi connectivity index (χ4v) is 3.70. The molecule has 4 rings (SSSR count). The van der Waals surface area contributed by atoms with E-state index in [2.05, 4.69) is 15.6 Å². The first-order chi connectivity index (χ1) is 8.42. The predicted octanol–water partition coefficient (Wildman–Crippen LogP) is 3.53. The Morgan fingerprint density at radius 2 is 2.24 bits per heavy atom. The third-order valence-corrected chi connectivity index (χ3v) is 4.50. The second kappa shape index (κ2) is 3.47. The van der Waals surface area contributed by atoms with Crippen LogP contribution in [0.4, 0.5) is 0 Å². The topological polar surface area (TPSA) is 30.4 Å². The van der Waals surface area contributed by atoms with Crippen LogP contribution in [-0.2, 0) is 12.8 Å². The van der Waals surface area contributed by atoms with Crippen LogP contribution in [-0.4, -0.2) is 9.38 Å². The molecule has 0 atom stereocenters. The molecule has 0 fully saturated rings. The molecule has 0 N–H and O–H groups in total. The highest BCUT2D eigenvalue weighted by Gasteiger charge is 2.18. The number of aromatic nitrogens is 2. The minimum Gasteiger partial charge on any atom is -0.463 e. The molecule has 0 aliphatic heterocycles. The van der Waals surface area contributed by atoms with Gasteiger partial charge in [-0.15, -0.1) is 11.3 Å². The zero-order valence-electron chi connectivity index (χ0n) is 9.35. The van der Waals surface area contributed by atoms with Crippen LogP contribution in [0.25, 0.3) is 16.4 Å². The number of furan rings is 1. The maximum Gasteiger partial charge on any atom is 0.194 e. The Morgan fingerprint density at radius 3 is 3.12 bits per heavy atom. The number of nitrogens with zero attached hydrogens (tertiary/aromatic N) is 2. The summed E-state index contributed by atoms with van der Waals surface area (Å²) in [6, 6.07) is 3.86. The monoisotopic (exact) mass is 244 g/mol. The molecule has 17 heavy (non-hydrogen) atoms. The Morgan fingerprint density at radius 1 is 1.29 bits per heavy atom. The molecular formula is C13H12N2OS. The van der Waals surface area contributed by atoms with E-state index in [1.807, 2.05) is 23.5 Å². The van der Waals surface area contributed by atoms with Crippen molar-refractivity contribution in [2.45, 2.75) is 25.7 Å². The smallest absolute Gasteiger partial charge is 0.194 e. The highest BCUT2D eigenvalue weighted by atomic mass is 32.1. The maximum atomic E-state index is 5.39. The van der Waals surface area contributed by atoms with Gasteiger partial charge in [-0.05, 0) is 37.8 Å². The summed E-state index contributed by atoms with van der Waals surface area (Å²) in [5.74, 6) is 0.852. The molecular weight excluding hydrogens is 232 g/mol. The van der Waals surface area contributed by atoms with E-state index in [1.54, 1.807) is 6.26 Å². The van der Waals surface area contributed by atoms with Gasteiger partial charge in [0.2, 0.25) is 0 Å². The average Bonchev–Trinajstić information content (AvgIpc) is 3.03. The van der Waals surface area contributed by atoms with Gasteiger partial charge in [-0.2, -0.15) is 0 Å². The molecule has 0 aromatic carbocycles. The standard InChI is InChI=1S/C13H12N2OS/c1-2-6-12-10(4-1)15-8-9(14-13(15)17-12)11-5-3-7-16-11/h3,5,7-8H,1-2,4,6H2. The second-order valence-corrected chi connectivity index (χ2v) is 5.50. The minimum absolute atomic E-state index is 0.852. The Labute approximate surface area is 103 Å². The normalized spacial score (nSPS) is 15.3. The summed E-state index contributed by atoms with van der Waals surface area (Å²) >= 11 is 1.83. The molecule has 3 aromatic heterocycles. The average molecular weight is 244 g/mol. The van der Waals surface area contributed by atoms with Gasteiger partial charge >= 0.3 is 0 Å². The fourth-order valence-electron chi connectivity index (χ4n) is 2.51. The SMILES string of the molecule is c1coc(-c2cn3c4c(sc3n2)CCCC4)c1. The van der Waals surface area contributed by atoms with Crippen LogP contribution in [0.1, 0.15) is 23.4 Å². The zero-order valence-corrected chi connectivity index (χ0v) is 10.2. The van der Waals surface area contributed by atoms with Crippen LogP contribution in [0.15, 0.2) is 29.0 Å². The van der Waals surface area contributed by atoms with E-state index in [0.29, 0.717) is 0 Å². The van der Waals surface area contributed by atoms with Gasteiger partial charge in [-0.3, -0.25) is 4.40 Å². The fraction of sp³-hybridized carbons (Fsp3) is 0.308. The van der Waals surface area contributed by atoms with Crippen LogP contribution < -0.4 is 0 Å². The van der Waals surface area contributed by atoms with E-state index in [1.165, 1.54) is 36.3 Å². The van der Waals surface area contributed by atoms with Gasteiger partial charge in [-0.25, -0.2) is 4.98 Å². The number of hydrogen-bond acceptors (Lipinski definition) is 3. The maximum absolute atomic E-state index is 5.39. The molecule has 1 aliphatic rings. The Bertz CT molecular complexity index is 663. The van der Waals surface area contributed by atoms with Crippen molar-refractivity contribution in [2.75, 3.05) is 0 Å². The Balaban J connectivity index is 1.91. The highest BCUT2D eigenvalue weighted by molar-refractivity contribution is 7.17. The van der Waals surface area contributed by atoms with Gasteiger partial charge < -0.3 is 4.42 Å². The molecule has 4 heteroatoms. The van der Waals surface area contributed by atoms with E-state index < -0.39 is 0 Å². The summed E-state index contributed by atoms with van der Waals surface area (Å²) in [4.78, 5) is 7.27. The first-order valence-corrected chi connectivity index (χ1v) is 6.77. The largest absolute Gasteiger partial charge is 0.463 e. The molecule has 0 radical (unpaired) electrons. The van der Waals surface area contributed by atoms with Crippen molar-refractivity contribution >= 4 is 16.3 Å². The molecule has 0 amide bonds. The molecule has 3 heterocycles. The van der Waals surface area contributed by atoms with Gasteiger partial charge in [0.1, 0.15) is 5.69 Å². The van der Waals surface area contributed by atoms with Gasteiger partial charge in [0.15, 0.2) is 10.7 Å². The number of rotatable bonds is 1. The lowest BCUT2D eigenvalue weighted by Crippen LogP contribution is -2.01. The van der Waals surface area contributed by atoms with E-state index in [9.17, 15) is 0 Å². The van der Waals surface area contributed by atoms with Crippen molar-refractivity contribution in [3.63, 3.8) is 0 Å².